The first-order valence-corrected chi connectivity index (χ1v) is 11.3. The maximum Gasteiger partial charge on any atom is 0.433 e. The predicted octanol–water partition coefficient (Wildman–Crippen LogP) is 5.08. The van der Waals surface area contributed by atoms with Gasteiger partial charge in [-0.2, -0.15) is 18.3 Å². The Labute approximate surface area is 192 Å². The number of fused-ring (bicyclic) bond motifs is 2. The summed E-state index contributed by atoms with van der Waals surface area (Å²) in [5.41, 5.74) is -1.87. The third-order valence-corrected chi connectivity index (χ3v) is 6.80. The zero-order valence-corrected chi connectivity index (χ0v) is 18.4. The van der Waals surface area contributed by atoms with Gasteiger partial charge in [0, 0.05) is 12.0 Å². The van der Waals surface area contributed by atoms with Crippen molar-refractivity contribution in [1.29, 1.82) is 0 Å². The number of carbonyl (C=O) groups excluding carboxylic acids is 1. The molecule has 3 aromatic heterocycles. The molecule has 7 nitrogen and oxygen atoms in total. The predicted molar refractivity (Wildman–Crippen MR) is 113 cm³/mol. The Morgan fingerprint density at radius 2 is 2.06 bits per heavy atom. The van der Waals surface area contributed by atoms with Crippen LogP contribution in [0.15, 0.2) is 28.9 Å². The van der Waals surface area contributed by atoms with Crippen LogP contribution in [0, 0.1) is 5.92 Å². The molecule has 0 aliphatic carbocycles. The Hall–Kier alpha value is -2.59. The summed E-state index contributed by atoms with van der Waals surface area (Å²) >= 11 is 6.29. The first-order chi connectivity index (χ1) is 15.8. The van der Waals surface area contributed by atoms with Crippen molar-refractivity contribution in [2.75, 3.05) is 19.7 Å². The summed E-state index contributed by atoms with van der Waals surface area (Å²) in [5, 5.41) is 3.54. The number of halogens is 4. The SMILES string of the molecule is O=C(OCC1CCCN2CCCCC12)c1nn2c(C(F)(F)F)cc(-c3ccco3)nc2c1Cl. The van der Waals surface area contributed by atoms with Gasteiger partial charge in [0.1, 0.15) is 10.7 Å². The highest BCUT2D eigenvalue weighted by molar-refractivity contribution is 6.36. The first-order valence-electron chi connectivity index (χ1n) is 10.9. The van der Waals surface area contributed by atoms with Gasteiger partial charge < -0.3 is 9.15 Å². The van der Waals surface area contributed by atoms with E-state index in [1.54, 1.807) is 0 Å². The van der Waals surface area contributed by atoms with Crippen LogP contribution in [0.2, 0.25) is 5.02 Å². The zero-order chi connectivity index (χ0) is 23.2. The lowest BCUT2D eigenvalue weighted by molar-refractivity contribution is -0.142. The summed E-state index contributed by atoms with van der Waals surface area (Å²) in [7, 11) is 0. The molecule has 5 rings (SSSR count). The number of rotatable bonds is 4. The summed E-state index contributed by atoms with van der Waals surface area (Å²) in [6, 6.07) is 4.20. The van der Waals surface area contributed by atoms with Crippen molar-refractivity contribution in [3.05, 3.63) is 40.9 Å². The van der Waals surface area contributed by atoms with Gasteiger partial charge in [-0.05, 0) is 57.0 Å². The molecule has 5 heterocycles. The second-order valence-corrected chi connectivity index (χ2v) is 8.88. The monoisotopic (exact) mass is 482 g/mol. The highest BCUT2D eigenvalue weighted by atomic mass is 35.5. The molecule has 11 heteroatoms. The Morgan fingerprint density at radius 1 is 1.24 bits per heavy atom. The van der Waals surface area contributed by atoms with Gasteiger partial charge in [-0.25, -0.2) is 14.3 Å². The molecule has 2 saturated heterocycles. The van der Waals surface area contributed by atoms with Gasteiger partial charge in [0.15, 0.2) is 22.8 Å². The fourth-order valence-corrected chi connectivity index (χ4v) is 5.13. The number of esters is 1. The highest BCUT2D eigenvalue weighted by Gasteiger charge is 2.38. The Balaban J connectivity index is 1.43. The number of hydrogen-bond acceptors (Lipinski definition) is 6. The van der Waals surface area contributed by atoms with Gasteiger partial charge in [0.25, 0.3) is 0 Å². The lowest BCUT2D eigenvalue weighted by atomic mass is 9.84. The summed E-state index contributed by atoms with van der Waals surface area (Å²) in [6.45, 7) is 2.29. The van der Waals surface area contributed by atoms with Gasteiger partial charge in [-0.15, -0.1) is 0 Å². The molecule has 3 aromatic rings. The quantitative estimate of drug-likeness (QED) is 0.483. The summed E-state index contributed by atoms with van der Waals surface area (Å²) in [6.07, 6.45) is 1.93. The van der Waals surface area contributed by atoms with E-state index in [-0.39, 0.29) is 40.3 Å². The van der Waals surface area contributed by atoms with E-state index in [2.05, 4.69) is 15.0 Å². The summed E-state index contributed by atoms with van der Waals surface area (Å²) < 4.78 is 52.5. The van der Waals surface area contributed by atoms with E-state index in [4.69, 9.17) is 20.8 Å². The molecule has 2 unspecified atom stereocenters. The maximum atomic E-state index is 13.7. The van der Waals surface area contributed by atoms with Crippen LogP contribution in [-0.2, 0) is 10.9 Å². The lowest BCUT2D eigenvalue weighted by Crippen LogP contribution is -2.49. The molecule has 2 fully saturated rings. The van der Waals surface area contributed by atoms with Crippen LogP contribution in [-0.4, -0.2) is 51.2 Å². The van der Waals surface area contributed by atoms with Gasteiger partial charge >= 0.3 is 12.1 Å². The minimum atomic E-state index is -4.76. The van der Waals surface area contributed by atoms with Gasteiger partial charge in [-0.1, -0.05) is 18.0 Å². The van der Waals surface area contributed by atoms with E-state index in [9.17, 15) is 18.0 Å². The molecular weight excluding hydrogens is 461 g/mol. The van der Waals surface area contributed by atoms with Crippen LogP contribution in [0.3, 0.4) is 0 Å². The average molecular weight is 483 g/mol. The Bertz CT molecular complexity index is 1160. The van der Waals surface area contributed by atoms with Crippen molar-refractivity contribution in [3.63, 3.8) is 0 Å². The molecule has 2 atom stereocenters. The molecule has 0 spiro atoms. The van der Waals surface area contributed by atoms with E-state index in [1.165, 1.54) is 24.8 Å². The number of hydrogen-bond donors (Lipinski definition) is 0. The molecule has 33 heavy (non-hydrogen) atoms. The minimum Gasteiger partial charge on any atom is -0.463 e. The number of ether oxygens (including phenoxy) is 1. The van der Waals surface area contributed by atoms with Crippen molar-refractivity contribution in [2.45, 2.75) is 44.3 Å². The van der Waals surface area contributed by atoms with E-state index in [1.807, 2.05) is 0 Å². The molecule has 0 aromatic carbocycles. The highest BCUT2D eigenvalue weighted by Crippen LogP contribution is 2.35. The number of carbonyl (C=O) groups is 1. The molecule has 0 saturated carbocycles. The standard InChI is InChI=1S/C22H22ClF3N4O3/c23-18-19(21(31)33-12-13-5-3-9-29-8-2-1-6-15(13)29)28-30-17(22(24,25)26)11-14(27-20(18)30)16-7-4-10-32-16/h4,7,10-11,13,15H,1-3,5-6,8-9,12H2. The Morgan fingerprint density at radius 3 is 2.82 bits per heavy atom. The number of alkyl halides is 3. The van der Waals surface area contributed by atoms with Gasteiger partial charge in [-0.3, -0.25) is 4.90 Å². The van der Waals surface area contributed by atoms with Crippen LogP contribution < -0.4 is 0 Å². The van der Waals surface area contributed by atoms with Crippen LogP contribution >= 0.6 is 11.6 Å². The van der Waals surface area contributed by atoms with Crippen LogP contribution in [0.4, 0.5) is 13.2 Å². The molecule has 0 bridgehead atoms. The van der Waals surface area contributed by atoms with Gasteiger partial charge in [0.05, 0.1) is 12.9 Å². The molecule has 2 aliphatic heterocycles. The minimum absolute atomic E-state index is 0.0684. The lowest BCUT2D eigenvalue weighted by Gasteiger charge is -2.44. The second kappa shape index (κ2) is 8.64. The molecule has 0 amide bonds. The molecular formula is C22H22ClF3N4O3. The Kier molecular flexibility index (Phi) is 5.82. The van der Waals surface area contributed by atoms with Crippen molar-refractivity contribution in [1.82, 2.24) is 19.5 Å². The third kappa shape index (κ3) is 4.21. The maximum absolute atomic E-state index is 13.7. The topological polar surface area (TPSA) is 72.9 Å². The zero-order valence-electron chi connectivity index (χ0n) is 17.6. The van der Waals surface area contributed by atoms with E-state index >= 15 is 0 Å². The van der Waals surface area contributed by atoms with E-state index < -0.39 is 17.8 Å². The average Bonchev–Trinajstić information content (AvgIpc) is 3.45. The number of nitrogens with zero attached hydrogens (tertiary/aromatic N) is 4. The molecule has 2 aliphatic rings. The molecule has 0 N–H and O–H groups in total. The summed E-state index contributed by atoms with van der Waals surface area (Å²) in [4.78, 5) is 19.4. The molecule has 176 valence electrons. The normalized spacial score (nSPS) is 21.8. The van der Waals surface area contributed by atoms with Crippen molar-refractivity contribution < 1.29 is 27.1 Å². The van der Waals surface area contributed by atoms with Crippen molar-refractivity contribution >= 4 is 23.2 Å². The smallest absolute Gasteiger partial charge is 0.433 e. The van der Waals surface area contributed by atoms with Crippen LogP contribution in [0.25, 0.3) is 17.1 Å². The van der Waals surface area contributed by atoms with Gasteiger partial charge in [0.2, 0.25) is 0 Å². The van der Waals surface area contributed by atoms with Crippen LogP contribution in [0.5, 0.6) is 0 Å². The second-order valence-electron chi connectivity index (χ2n) is 8.50. The summed E-state index contributed by atoms with van der Waals surface area (Å²) in [5.74, 6) is -0.530. The number of furan rings is 1. The number of aromatic nitrogens is 3. The number of piperidine rings is 2. The van der Waals surface area contributed by atoms with Crippen LogP contribution in [0.1, 0.15) is 48.3 Å². The fraction of sp³-hybridized carbons (Fsp3) is 0.500. The van der Waals surface area contributed by atoms with E-state index in [0.29, 0.717) is 10.6 Å². The fourth-order valence-electron chi connectivity index (χ4n) is 4.90. The third-order valence-electron chi connectivity index (χ3n) is 6.45. The van der Waals surface area contributed by atoms with Crippen molar-refractivity contribution in [3.8, 4) is 11.5 Å². The van der Waals surface area contributed by atoms with Crippen molar-refractivity contribution in [2.24, 2.45) is 5.92 Å². The molecule has 0 radical (unpaired) electrons. The van der Waals surface area contributed by atoms with E-state index in [0.717, 1.165) is 44.8 Å². The largest absolute Gasteiger partial charge is 0.463 e. The first kappa shape index (κ1) is 22.2.